The van der Waals surface area contributed by atoms with Gasteiger partial charge in [-0.15, -0.1) is 5.10 Å². The third-order valence-electron chi connectivity index (χ3n) is 2.70. The minimum absolute atomic E-state index is 0.146. The molecular formula is C13H15ClN4O3. The van der Waals surface area contributed by atoms with Crippen LogP contribution in [0.15, 0.2) is 18.2 Å². The molecule has 2 aromatic rings. The first kappa shape index (κ1) is 15.1. The fourth-order valence-corrected chi connectivity index (χ4v) is 1.83. The van der Waals surface area contributed by atoms with Crippen molar-refractivity contribution in [2.75, 3.05) is 12.4 Å². The van der Waals surface area contributed by atoms with Gasteiger partial charge < -0.3 is 9.47 Å². The third kappa shape index (κ3) is 3.85. The summed E-state index contributed by atoms with van der Waals surface area (Å²) in [4.78, 5) is 15.9. The normalized spacial score (nSPS) is 11.8. The van der Waals surface area contributed by atoms with Crippen LogP contribution >= 0.6 is 11.6 Å². The first-order valence-corrected chi connectivity index (χ1v) is 6.57. The Morgan fingerprint density at radius 3 is 2.86 bits per heavy atom. The topological polar surface area (TPSA) is 89.1 Å². The number of aromatic amines is 1. The van der Waals surface area contributed by atoms with Gasteiger partial charge in [0.1, 0.15) is 5.75 Å². The molecule has 1 aromatic heterocycles. The Morgan fingerprint density at radius 1 is 1.48 bits per heavy atom. The van der Waals surface area contributed by atoms with Crippen molar-refractivity contribution in [1.29, 1.82) is 0 Å². The van der Waals surface area contributed by atoms with E-state index in [1.807, 2.05) is 6.92 Å². The maximum atomic E-state index is 12.0. The maximum absolute atomic E-state index is 12.0. The second-order valence-electron chi connectivity index (χ2n) is 4.33. The van der Waals surface area contributed by atoms with Crippen molar-refractivity contribution in [3.63, 3.8) is 0 Å². The van der Waals surface area contributed by atoms with Gasteiger partial charge in [0.25, 0.3) is 5.91 Å². The van der Waals surface area contributed by atoms with Crippen LogP contribution in [0.5, 0.6) is 11.8 Å². The molecule has 0 aliphatic rings. The molecule has 1 atom stereocenters. The predicted molar refractivity (Wildman–Crippen MR) is 77.8 cm³/mol. The van der Waals surface area contributed by atoms with E-state index < -0.39 is 6.10 Å². The van der Waals surface area contributed by atoms with Gasteiger partial charge in [0.2, 0.25) is 5.95 Å². The highest BCUT2D eigenvalue weighted by molar-refractivity contribution is 6.30. The molecule has 0 saturated carbocycles. The second-order valence-corrected chi connectivity index (χ2v) is 4.77. The summed E-state index contributed by atoms with van der Waals surface area (Å²) in [7, 11) is 1.43. The standard InChI is InChI=1S/C13H15ClN4O3/c1-7-6-9(14)4-5-10(7)21-8(2)11(19)15-12-16-13(20-3)18-17-12/h4-6,8H,1-3H3,(H2,15,16,17,18,19). The fourth-order valence-electron chi connectivity index (χ4n) is 1.60. The van der Waals surface area contributed by atoms with Crippen LogP contribution in [0.25, 0.3) is 0 Å². The molecule has 1 unspecified atom stereocenters. The summed E-state index contributed by atoms with van der Waals surface area (Å²) < 4.78 is 10.4. The quantitative estimate of drug-likeness (QED) is 0.883. The number of anilines is 1. The monoisotopic (exact) mass is 310 g/mol. The van der Waals surface area contributed by atoms with E-state index in [4.69, 9.17) is 21.1 Å². The highest BCUT2D eigenvalue weighted by Gasteiger charge is 2.17. The molecule has 21 heavy (non-hydrogen) atoms. The number of ether oxygens (including phenoxy) is 2. The zero-order chi connectivity index (χ0) is 15.4. The number of halogens is 1. The zero-order valence-corrected chi connectivity index (χ0v) is 12.6. The lowest BCUT2D eigenvalue weighted by Crippen LogP contribution is -2.30. The number of amides is 1. The number of carbonyl (C=O) groups is 1. The lowest BCUT2D eigenvalue weighted by molar-refractivity contribution is -0.122. The molecule has 0 radical (unpaired) electrons. The van der Waals surface area contributed by atoms with Crippen molar-refractivity contribution in [1.82, 2.24) is 15.2 Å². The van der Waals surface area contributed by atoms with E-state index in [0.29, 0.717) is 10.8 Å². The van der Waals surface area contributed by atoms with E-state index in [-0.39, 0.29) is 17.9 Å². The average molecular weight is 311 g/mol. The van der Waals surface area contributed by atoms with Crippen molar-refractivity contribution < 1.29 is 14.3 Å². The van der Waals surface area contributed by atoms with Crippen LogP contribution in [0.1, 0.15) is 12.5 Å². The summed E-state index contributed by atoms with van der Waals surface area (Å²) in [6.45, 7) is 3.49. The van der Waals surface area contributed by atoms with Gasteiger partial charge in [-0.05, 0) is 37.6 Å². The van der Waals surface area contributed by atoms with E-state index in [1.54, 1.807) is 25.1 Å². The summed E-state index contributed by atoms with van der Waals surface area (Å²) >= 11 is 5.87. The molecule has 112 valence electrons. The Balaban J connectivity index is 1.98. The number of aryl methyl sites for hydroxylation is 1. The van der Waals surface area contributed by atoms with E-state index in [1.165, 1.54) is 7.11 Å². The minimum atomic E-state index is -0.707. The number of benzene rings is 1. The number of methoxy groups -OCH3 is 1. The Labute approximate surface area is 126 Å². The van der Waals surface area contributed by atoms with Gasteiger partial charge in [0, 0.05) is 5.02 Å². The van der Waals surface area contributed by atoms with Crippen LogP contribution in [0.2, 0.25) is 5.02 Å². The van der Waals surface area contributed by atoms with Crippen LogP contribution in [0.4, 0.5) is 5.95 Å². The number of rotatable bonds is 5. The molecule has 1 amide bonds. The molecule has 2 N–H and O–H groups in total. The Bertz CT molecular complexity index is 644. The highest BCUT2D eigenvalue weighted by atomic mass is 35.5. The number of H-pyrrole nitrogens is 1. The Kier molecular flexibility index (Phi) is 4.64. The molecule has 2 rings (SSSR count). The molecule has 0 aliphatic heterocycles. The molecule has 1 aromatic carbocycles. The second kappa shape index (κ2) is 6.45. The van der Waals surface area contributed by atoms with Crippen molar-refractivity contribution in [2.24, 2.45) is 0 Å². The SMILES string of the molecule is COc1n[nH]c(NC(=O)C(C)Oc2ccc(Cl)cc2C)n1. The van der Waals surface area contributed by atoms with Crippen LogP contribution in [0, 0.1) is 6.92 Å². The smallest absolute Gasteiger partial charge is 0.336 e. The van der Waals surface area contributed by atoms with Crippen molar-refractivity contribution in [3.05, 3.63) is 28.8 Å². The minimum Gasteiger partial charge on any atom is -0.481 e. The fraction of sp³-hybridized carbons (Fsp3) is 0.308. The molecule has 0 aliphatic carbocycles. The van der Waals surface area contributed by atoms with Crippen molar-refractivity contribution >= 4 is 23.5 Å². The predicted octanol–water partition coefficient (Wildman–Crippen LogP) is 2.18. The van der Waals surface area contributed by atoms with Gasteiger partial charge in [0.05, 0.1) is 7.11 Å². The van der Waals surface area contributed by atoms with Gasteiger partial charge in [-0.25, -0.2) is 5.10 Å². The number of hydrogen-bond acceptors (Lipinski definition) is 5. The van der Waals surface area contributed by atoms with Gasteiger partial charge in [0.15, 0.2) is 6.10 Å². The molecule has 0 saturated heterocycles. The van der Waals surface area contributed by atoms with E-state index in [2.05, 4.69) is 20.5 Å². The van der Waals surface area contributed by atoms with Gasteiger partial charge in [-0.1, -0.05) is 11.6 Å². The lowest BCUT2D eigenvalue weighted by atomic mass is 10.2. The van der Waals surface area contributed by atoms with Crippen LogP contribution < -0.4 is 14.8 Å². The maximum Gasteiger partial charge on any atom is 0.336 e. The zero-order valence-electron chi connectivity index (χ0n) is 11.8. The summed E-state index contributed by atoms with van der Waals surface area (Å²) in [6.07, 6.45) is -0.707. The first-order chi connectivity index (χ1) is 9.99. The van der Waals surface area contributed by atoms with Crippen LogP contribution in [-0.4, -0.2) is 34.3 Å². The van der Waals surface area contributed by atoms with Gasteiger partial charge >= 0.3 is 6.01 Å². The summed E-state index contributed by atoms with van der Waals surface area (Å²) in [6, 6.07) is 5.34. The Hall–Kier alpha value is -2.28. The molecule has 1 heterocycles. The van der Waals surface area contributed by atoms with Crippen molar-refractivity contribution in [3.8, 4) is 11.8 Å². The molecule has 0 bridgehead atoms. The number of hydrogen-bond donors (Lipinski definition) is 2. The largest absolute Gasteiger partial charge is 0.481 e. The molecule has 0 spiro atoms. The molecule has 0 fully saturated rings. The molecular weight excluding hydrogens is 296 g/mol. The third-order valence-corrected chi connectivity index (χ3v) is 2.93. The average Bonchev–Trinajstić information content (AvgIpc) is 2.89. The van der Waals surface area contributed by atoms with E-state index in [0.717, 1.165) is 5.56 Å². The lowest BCUT2D eigenvalue weighted by Gasteiger charge is -2.15. The summed E-state index contributed by atoms with van der Waals surface area (Å²) in [5.74, 6) is 0.431. The van der Waals surface area contributed by atoms with Crippen LogP contribution in [-0.2, 0) is 4.79 Å². The molecule has 7 nitrogen and oxygen atoms in total. The summed E-state index contributed by atoms with van der Waals surface area (Å²) in [5, 5.41) is 9.43. The van der Waals surface area contributed by atoms with E-state index in [9.17, 15) is 4.79 Å². The summed E-state index contributed by atoms with van der Waals surface area (Å²) in [5.41, 5.74) is 0.850. The first-order valence-electron chi connectivity index (χ1n) is 6.19. The van der Waals surface area contributed by atoms with Gasteiger partial charge in [-0.3, -0.25) is 10.1 Å². The van der Waals surface area contributed by atoms with Crippen LogP contribution in [0.3, 0.4) is 0 Å². The van der Waals surface area contributed by atoms with E-state index >= 15 is 0 Å². The number of carbonyl (C=O) groups excluding carboxylic acids is 1. The van der Waals surface area contributed by atoms with Gasteiger partial charge in [-0.2, -0.15) is 4.98 Å². The molecule has 8 heteroatoms. The van der Waals surface area contributed by atoms with Crippen molar-refractivity contribution in [2.45, 2.75) is 20.0 Å². The number of nitrogens with one attached hydrogen (secondary N) is 2. The highest BCUT2D eigenvalue weighted by Crippen LogP contribution is 2.23. The number of aromatic nitrogens is 3. The Morgan fingerprint density at radius 2 is 2.24 bits per heavy atom. The number of nitrogens with zero attached hydrogens (tertiary/aromatic N) is 2.